The summed E-state index contributed by atoms with van der Waals surface area (Å²) in [6.45, 7) is 0. The lowest BCUT2D eigenvalue weighted by Gasteiger charge is -2.04. The fourth-order valence-electron chi connectivity index (χ4n) is 1.57. The quantitative estimate of drug-likeness (QED) is 0.877. The van der Waals surface area contributed by atoms with Crippen LogP contribution in [0, 0.1) is 0 Å². The molecule has 0 radical (unpaired) electrons. The summed E-state index contributed by atoms with van der Waals surface area (Å²) in [6.07, 6.45) is 4.26. The number of nitrogens with one attached hydrogen (secondary N) is 1. The summed E-state index contributed by atoms with van der Waals surface area (Å²) in [6, 6.07) is 10.9. The molecule has 0 bridgehead atoms. The van der Waals surface area contributed by atoms with Crippen molar-refractivity contribution in [3.8, 4) is 0 Å². The summed E-state index contributed by atoms with van der Waals surface area (Å²) in [4.78, 5) is 3.95. The largest absolute Gasteiger partial charge is 0.319 e. The summed E-state index contributed by atoms with van der Waals surface area (Å²) in [5.74, 6) is 0. The van der Waals surface area contributed by atoms with Crippen LogP contribution in [-0.4, -0.2) is 13.4 Å². The molecule has 6 heteroatoms. The minimum absolute atomic E-state index is 0.448. The predicted octanol–water partition coefficient (Wildman–Crippen LogP) is 2.57. The van der Waals surface area contributed by atoms with E-state index in [4.69, 9.17) is 10.7 Å². The summed E-state index contributed by atoms with van der Waals surface area (Å²) in [7, 11) is 1.36. The van der Waals surface area contributed by atoms with Crippen LogP contribution in [0.1, 0.15) is 11.1 Å². The monoisotopic (exact) mass is 282 g/mol. The Bertz CT molecular complexity index is 612. The highest BCUT2D eigenvalue weighted by Crippen LogP contribution is 2.15. The van der Waals surface area contributed by atoms with Crippen LogP contribution < -0.4 is 4.72 Å². The van der Waals surface area contributed by atoms with Crippen molar-refractivity contribution in [3.05, 3.63) is 59.9 Å². The molecule has 1 N–H and O–H groups in total. The number of anilines is 1. The van der Waals surface area contributed by atoms with E-state index in [1.54, 1.807) is 24.5 Å². The average Bonchev–Trinajstić information content (AvgIpc) is 2.31. The molecular formula is C12H11ClN2O2S. The Labute approximate surface area is 110 Å². The first-order valence-electron chi connectivity index (χ1n) is 5.23. The van der Waals surface area contributed by atoms with Gasteiger partial charge in [0.15, 0.2) is 0 Å². The summed E-state index contributed by atoms with van der Waals surface area (Å²) >= 11 is 0. The molecule has 18 heavy (non-hydrogen) atoms. The zero-order valence-corrected chi connectivity index (χ0v) is 10.9. The Hall–Kier alpha value is -1.59. The molecule has 0 aliphatic heterocycles. The van der Waals surface area contributed by atoms with Gasteiger partial charge in [-0.2, -0.15) is 8.42 Å². The van der Waals surface area contributed by atoms with E-state index in [0.29, 0.717) is 5.69 Å². The van der Waals surface area contributed by atoms with Gasteiger partial charge in [0, 0.05) is 28.8 Å². The molecule has 4 nitrogen and oxygen atoms in total. The van der Waals surface area contributed by atoms with Gasteiger partial charge < -0.3 is 0 Å². The van der Waals surface area contributed by atoms with Crippen molar-refractivity contribution in [2.75, 3.05) is 4.72 Å². The molecule has 0 saturated carbocycles. The number of hydrogen-bond donors (Lipinski definition) is 1. The number of benzene rings is 1. The van der Waals surface area contributed by atoms with E-state index in [1.165, 1.54) is 0 Å². The number of rotatable bonds is 4. The maximum Gasteiger partial charge on any atom is 0.319 e. The third-order valence-corrected chi connectivity index (χ3v) is 3.06. The number of halogens is 1. The number of nitrogens with zero attached hydrogens (tertiary/aromatic N) is 1. The zero-order chi connectivity index (χ0) is 13.0. The Morgan fingerprint density at radius 2 is 1.56 bits per heavy atom. The first kappa shape index (κ1) is 12.9. The summed E-state index contributed by atoms with van der Waals surface area (Å²) < 4.78 is 23.8. The van der Waals surface area contributed by atoms with Gasteiger partial charge in [-0.1, -0.05) is 12.1 Å². The fraction of sp³-hybridized carbons (Fsp3) is 0.0833. The van der Waals surface area contributed by atoms with Crippen LogP contribution in [-0.2, 0) is 15.7 Å². The van der Waals surface area contributed by atoms with Crippen molar-refractivity contribution in [2.45, 2.75) is 6.42 Å². The summed E-state index contributed by atoms with van der Waals surface area (Å²) in [5.41, 5.74) is 2.68. The van der Waals surface area contributed by atoms with E-state index in [1.807, 2.05) is 24.3 Å². The second-order valence-corrected chi connectivity index (χ2v) is 6.07. The molecule has 94 valence electrons. The number of hydrogen-bond acceptors (Lipinski definition) is 3. The first-order valence-corrected chi connectivity index (χ1v) is 7.54. The zero-order valence-electron chi connectivity index (χ0n) is 9.38. The van der Waals surface area contributed by atoms with Crippen molar-refractivity contribution in [3.63, 3.8) is 0 Å². The lowest BCUT2D eigenvalue weighted by molar-refractivity contribution is 0.614. The molecule has 0 amide bonds. The second kappa shape index (κ2) is 5.37. The SMILES string of the molecule is O=S(=O)(Cl)Nc1ccc(Cc2ccncc2)cc1. The van der Waals surface area contributed by atoms with Gasteiger partial charge in [0.05, 0.1) is 0 Å². The van der Waals surface area contributed by atoms with E-state index in [-0.39, 0.29) is 0 Å². The maximum atomic E-state index is 10.8. The molecule has 1 aromatic carbocycles. The van der Waals surface area contributed by atoms with Crippen LogP contribution in [0.2, 0.25) is 0 Å². The highest BCUT2D eigenvalue weighted by Gasteiger charge is 2.04. The molecule has 0 aliphatic carbocycles. The molecule has 0 unspecified atom stereocenters. The van der Waals surface area contributed by atoms with Crippen LogP contribution in [0.25, 0.3) is 0 Å². The van der Waals surface area contributed by atoms with Gasteiger partial charge in [0.2, 0.25) is 0 Å². The highest BCUT2D eigenvalue weighted by molar-refractivity contribution is 8.14. The molecule has 0 fully saturated rings. The molecular weight excluding hydrogens is 272 g/mol. The van der Waals surface area contributed by atoms with E-state index in [9.17, 15) is 8.42 Å². The van der Waals surface area contributed by atoms with Crippen LogP contribution in [0.3, 0.4) is 0 Å². The van der Waals surface area contributed by atoms with Gasteiger partial charge in [-0.3, -0.25) is 9.71 Å². The smallest absolute Gasteiger partial charge is 0.271 e. The average molecular weight is 283 g/mol. The second-order valence-electron chi connectivity index (χ2n) is 3.77. The van der Waals surface area contributed by atoms with Crippen molar-refractivity contribution >= 4 is 25.6 Å². The topological polar surface area (TPSA) is 59.1 Å². The van der Waals surface area contributed by atoms with Crippen LogP contribution in [0.15, 0.2) is 48.8 Å². The van der Waals surface area contributed by atoms with Gasteiger partial charge in [-0.15, -0.1) is 0 Å². The Morgan fingerprint density at radius 1 is 1.00 bits per heavy atom. The lowest BCUT2D eigenvalue weighted by Crippen LogP contribution is -2.03. The van der Waals surface area contributed by atoms with Gasteiger partial charge >= 0.3 is 9.24 Å². The normalized spacial score (nSPS) is 11.2. The molecule has 1 aromatic heterocycles. The Balaban J connectivity index is 2.09. The van der Waals surface area contributed by atoms with Crippen LogP contribution in [0.5, 0.6) is 0 Å². The Kier molecular flexibility index (Phi) is 3.84. The molecule has 2 aromatic rings. The van der Waals surface area contributed by atoms with Crippen molar-refractivity contribution < 1.29 is 8.42 Å². The van der Waals surface area contributed by atoms with E-state index in [2.05, 4.69) is 9.71 Å². The third kappa shape index (κ3) is 4.01. The molecule has 0 atom stereocenters. The molecule has 1 heterocycles. The van der Waals surface area contributed by atoms with E-state index in [0.717, 1.165) is 17.5 Å². The molecule has 0 spiro atoms. The van der Waals surface area contributed by atoms with Gasteiger partial charge in [0.25, 0.3) is 0 Å². The van der Waals surface area contributed by atoms with Gasteiger partial charge in [-0.25, -0.2) is 0 Å². The minimum Gasteiger partial charge on any atom is -0.271 e. The van der Waals surface area contributed by atoms with E-state index >= 15 is 0 Å². The molecule has 0 aliphatic rings. The molecule has 2 rings (SSSR count). The number of aromatic nitrogens is 1. The lowest BCUT2D eigenvalue weighted by atomic mass is 10.1. The third-order valence-electron chi connectivity index (χ3n) is 2.35. The van der Waals surface area contributed by atoms with E-state index < -0.39 is 9.24 Å². The standard InChI is InChI=1S/C12H11ClN2O2S/c13-18(16,17)15-12-3-1-10(2-4-12)9-11-5-7-14-8-6-11/h1-8,15H,9H2. The highest BCUT2D eigenvalue weighted by atomic mass is 35.7. The molecule has 0 saturated heterocycles. The van der Waals surface area contributed by atoms with Crippen LogP contribution in [0.4, 0.5) is 5.69 Å². The first-order chi connectivity index (χ1) is 8.53. The van der Waals surface area contributed by atoms with Crippen molar-refractivity contribution in [2.24, 2.45) is 0 Å². The number of pyridine rings is 1. The van der Waals surface area contributed by atoms with Crippen molar-refractivity contribution in [1.29, 1.82) is 0 Å². The van der Waals surface area contributed by atoms with Crippen molar-refractivity contribution in [1.82, 2.24) is 4.98 Å². The fourth-order valence-corrected chi connectivity index (χ4v) is 2.25. The van der Waals surface area contributed by atoms with Gasteiger partial charge in [0.1, 0.15) is 0 Å². The van der Waals surface area contributed by atoms with Gasteiger partial charge in [-0.05, 0) is 41.8 Å². The maximum absolute atomic E-state index is 10.8. The minimum atomic E-state index is -3.73. The van der Waals surface area contributed by atoms with Crippen LogP contribution >= 0.6 is 10.7 Å². The Morgan fingerprint density at radius 3 is 2.11 bits per heavy atom. The predicted molar refractivity (Wildman–Crippen MR) is 71.9 cm³/mol. The summed E-state index contributed by atoms with van der Waals surface area (Å²) in [5, 5.41) is 0.